The van der Waals surface area contributed by atoms with Crippen molar-refractivity contribution < 1.29 is 4.79 Å². The number of fused-ring (bicyclic) bond motifs is 1. The van der Waals surface area contributed by atoms with Crippen molar-refractivity contribution in [2.24, 2.45) is 0 Å². The first-order valence-electron chi connectivity index (χ1n) is 10.4. The van der Waals surface area contributed by atoms with Crippen molar-refractivity contribution >= 4 is 22.9 Å². The minimum absolute atomic E-state index is 0.231. The average Bonchev–Trinajstić information content (AvgIpc) is 3.04. The maximum absolute atomic E-state index is 12.9. The molecule has 2 heterocycles. The number of piperazine rings is 1. The Balaban J connectivity index is 1.32. The van der Waals surface area contributed by atoms with Crippen molar-refractivity contribution in [3.8, 4) is 0 Å². The molecule has 4 nitrogen and oxygen atoms in total. The molecule has 1 N–H and O–H groups in total. The highest BCUT2D eigenvalue weighted by Crippen LogP contribution is 2.24. The fourth-order valence-corrected chi connectivity index (χ4v) is 4.07. The Morgan fingerprint density at radius 3 is 2.55 bits per heavy atom. The van der Waals surface area contributed by atoms with Crippen LogP contribution in [0, 0.1) is 13.8 Å². The van der Waals surface area contributed by atoms with Gasteiger partial charge in [-0.05, 0) is 37.1 Å². The molecule has 0 saturated carbocycles. The van der Waals surface area contributed by atoms with Gasteiger partial charge < -0.3 is 9.88 Å². The maximum Gasteiger partial charge on any atom is 0.227 e. The third-order valence-electron chi connectivity index (χ3n) is 5.80. The predicted octanol–water partition coefficient (Wildman–Crippen LogP) is 4.18. The molecule has 2 aromatic carbocycles. The summed E-state index contributed by atoms with van der Waals surface area (Å²) in [6.45, 7) is 8.55. The second kappa shape index (κ2) is 8.66. The highest BCUT2D eigenvalue weighted by molar-refractivity contribution is 5.90. The Labute approximate surface area is 172 Å². The van der Waals surface area contributed by atoms with E-state index in [1.54, 1.807) is 0 Å². The summed E-state index contributed by atoms with van der Waals surface area (Å²) in [6.07, 6.45) is 4.85. The lowest BCUT2D eigenvalue weighted by atomic mass is 10.0. The Morgan fingerprint density at radius 1 is 1.03 bits per heavy atom. The van der Waals surface area contributed by atoms with Crippen LogP contribution in [0.15, 0.2) is 54.6 Å². The van der Waals surface area contributed by atoms with Crippen molar-refractivity contribution in [3.05, 3.63) is 77.0 Å². The Bertz CT molecular complexity index is 1010. The molecule has 0 atom stereocenters. The van der Waals surface area contributed by atoms with E-state index >= 15 is 0 Å². The zero-order valence-electron chi connectivity index (χ0n) is 17.3. The number of H-pyrrole nitrogens is 1. The van der Waals surface area contributed by atoms with E-state index < -0.39 is 0 Å². The lowest BCUT2D eigenvalue weighted by Gasteiger charge is -2.34. The van der Waals surface area contributed by atoms with Crippen LogP contribution in [-0.2, 0) is 11.2 Å². The second-order valence-electron chi connectivity index (χ2n) is 7.95. The first-order chi connectivity index (χ1) is 14.1. The largest absolute Gasteiger partial charge is 0.358 e. The van der Waals surface area contributed by atoms with Gasteiger partial charge in [-0.1, -0.05) is 54.1 Å². The standard InChI is InChI=1S/C25H29N3O/c1-19-10-11-24-23(17-19)22(20(2)26-24)18-25(29)28-15-13-27(14-16-28)12-6-9-21-7-4-3-5-8-21/h3-11,17,26H,12-16,18H2,1-2H3/b9-6+. The number of hydrogen-bond donors (Lipinski definition) is 1. The number of rotatable bonds is 5. The van der Waals surface area contributed by atoms with E-state index in [1.807, 2.05) is 11.0 Å². The molecule has 1 aliphatic rings. The molecule has 4 heteroatoms. The SMILES string of the molecule is Cc1ccc2[nH]c(C)c(CC(=O)N3CCN(C/C=C/c4ccccc4)CC3)c2c1. The van der Waals surface area contributed by atoms with Crippen LogP contribution in [0.4, 0.5) is 0 Å². The Morgan fingerprint density at radius 2 is 1.79 bits per heavy atom. The normalized spacial score (nSPS) is 15.4. The molecule has 1 fully saturated rings. The summed E-state index contributed by atoms with van der Waals surface area (Å²) in [7, 11) is 0. The highest BCUT2D eigenvalue weighted by Gasteiger charge is 2.22. The number of nitrogens with one attached hydrogen (secondary N) is 1. The number of aromatic nitrogens is 1. The molecule has 0 radical (unpaired) electrons. The van der Waals surface area contributed by atoms with E-state index in [-0.39, 0.29) is 5.91 Å². The third kappa shape index (κ3) is 4.60. The van der Waals surface area contributed by atoms with E-state index in [0.29, 0.717) is 6.42 Å². The van der Waals surface area contributed by atoms with Crippen LogP contribution in [0.1, 0.15) is 22.4 Å². The minimum Gasteiger partial charge on any atom is -0.358 e. The molecule has 3 aromatic rings. The molecule has 1 aromatic heterocycles. The van der Waals surface area contributed by atoms with E-state index in [0.717, 1.165) is 49.5 Å². The topological polar surface area (TPSA) is 39.3 Å². The number of aryl methyl sites for hydroxylation is 2. The molecule has 1 aliphatic heterocycles. The van der Waals surface area contributed by atoms with Gasteiger partial charge in [0.25, 0.3) is 0 Å². The molecule has 4 rings (SSSR count). The van der Waals surface area contributed by atoms with Crippen molar-refractivity contribution in [1.29, 1.82) is 0 Å². The quantitative estimate of drug-likeness (QED) is 0.713. The zero-order valence-corrected chi connectivity index (χ0v) is 17.3. The lowest BCUT2D eigenvalue weighted by Crippen LogP contribution is -2.49. The van der Waals surface area contributed by atoms with Gasteiger partial charge in [0.2, 0.25) is 5.91 Å². The fraction of sp³-hybridized carbons (Fsp3) is 0.320. The highest BCUT2D eigenvalue weighted by atomic mass is 16.2. The van der Waals surface area contributed by atoms with Crippen LogP contribution in [0.3, 0.4) is 0 Å². The predicted molar refractivity (Wildman–Crippen MR) is 120 cm³/mol. The van der Waals surface area contributed by atoms with Crippen LogP contribution in [0.5, 0.6) is 0 Å². The summed E-state index contributed by atoms with van der Waals surface area (Å²) in [5, 5.41) is 1.18. The van der Waals surface area contributed by atoms with Gasteiger partial charge in [0.15, 0.2) is 0 Å². The maximum atomic E-state index is 12.9. The molecule has 1 amide bonds. The van der Waals surface area contributed by atoms with Crippen LogP contribution >= 0.6 is 0 Å². The van der Waals surface area contributed by atoms with E-state index in [9.17, 15) is 4.79 Å². The summed E-state index contributed by atoms with van der Waals surface area (Å²) in [6, 6.07) is 16.8. The van der Waals surface area contributed by atoms with E-state index in [1.165, 1.54) is 16.5 Å². The third-order valence-corrected chi connectivity index (χ3v) is 5.80. The first-order valence-corrected chi connectivity index (χ1v) is 10.4. The first kappa shape index (κ1) is 19.5. The van der Waals surface area contributed by atoms with Crippen LogP contribution in [-0.4, -0.2) is 53.4 Å². The number of amides is 1. The van der Waals surface area contributed by atoms with Gasteiger partial charge >= 0.3 is 0 Å². The van der Waals surface area contributed by atoms with Gasteiger partial charge in [-0.25, -0.2) is 0 Å². The van der Waals surface area contributed by atoms with Gasteiger partial charge in [0.1, 0.15) is 0 Å². The van der Waals surface area contributed by atoms with Crippen LogP contribution in [0.25, 0.3) is 17.0 Å². The van der Waals surface area contributed by atoms with Crippen LogP contribution < -0.4 is 0 Å². The summed E-state index contributed by atoms with van der Waals surface area (Å²) in [5.41, 5.74) is 5.81. The molecule has 0 unspecified atom stereocenters. The van der Waals surface area contributed by atoms with E-state index in [2.05, 4.69) is 78.3 Å². The number of benzene rings is 2. The summed E-state index contributed by atoms with van der Waals surface area (Å²) < 4.78 is 0. The van der Waals surface area contributed by atoms with Gasteiger partial charge in [0, 0.05) is 49.3 Å². The van der Waals surface area contributed by atoms with Crippen molar-refractivity contribution in [1.82, 2.24) is 14.8 Å². The number of hydrogen-bond acceptors (Lipinski definition) is 2. The second-order valence-corrected chi connectivity index (χ2v) is 7.95. The van der Waals surface area contributed by atoms with Crippen LogP contribution in [0.2, 0.25) is 0 Å². The molecule has 0 spiro atoms. The number of nitrogens with zero attached hydrogens (tertiary/aromatic N) is 2. The van der Waals surface area contributed by atoms with Gasteiger partial charge in [-0.3, -0.25) is 9.69 Å². The minimum atomic E-state index is 0.231. The fourth-order valence-electron chi connectivity index (χ4n) is 4.07. The van der Waals surface area contributed by atoms with Crippen molar-refractivity contribution in [2.75, 3.05) is 32.7 Å². The van der Waals surface area contributed by atoms with Crippen molar-refractivity contribution in [2.45, 2.75) is 20.3 Å². The summed E-state index contributed by atoms with van der Waals surface area (Å²) in [4.78, 5) is 20.8. The molecular weight excluding hydrogens is 358 g/mol. The monoisotopic (exact) mass is 387 g/mol. The van der Waals surface area contributed by atoms with E-state index in [4.69, 9.17) is 0 Å². The molecule has 29 heavy (non-hydrogen) atoms. The smallest absolute Gasteiger partial charge is 0.227 e. The Hall–Kier alpha value is -2.85. The summed E-state index contributed by atoms with van der Waals surface area (Å²) in [5.74, 6) is 0.231. The summed E-state index contributed by atoms with van der Waals surface area (Å²) >= 11 is 0. The molecule has 0 bridgehead atoms. The number of aromatic amines is 1. The zero-order chi connectivity index (χ0) is 20.2. The number of carbonyl (C=O) groups excluding carboxylic acids is 1. The van der Waals surface area contributed by atoms with Gasteiger partial charge in [0.05, 0.1) is 6.42 Å². The molecule has 150 valence electrons. The van der Waals surface area contributed by atoms with Gasteiger partial charge in [-0.2, -0.15) is 0 Å². The van der Waals surface area contributed by atoms with Gasteiger partial charge in [-0.15, -0.1) is 0 Å². The lowest BCUT2D eigenvalue weighted by molar-refractivity contribution is -0.132. The molecule has 0 aliphatic carbocycles. The molecular formula is C25H29N3O. The average molecular weight is 388 g/mol. The number of carbonyl (C=O) groups is 1. The molecule has 1 saturated heterocycles. The Kier molecular flexibility index (Phi) is 5.81. The van der Waals surface area contributed by atoms with Crippen molar-refractivity contribution in [3.63, 3.8) is 0 Å².